The molecule has 37 heavy (non-hydrogen) atoms. The smallest absolute Gasteiger partial charge is 0.416 e. The van der Waals surface area contributed by atoms with E-state index in [2.05, 4.69) is 27.0 Å². The predicted molar refractivity (Wildman–Crippen MR) is 128 cm³/mol. The molecule has 0 saturated carbocycles. The molecule has 4 rings (SSSR count). The Labute approximate surface area is 208 Å². The van der Waals surface area contributed by atoms with Gasteiger partial charge in [0.15, 0.2) is 0 Å². The van der Waals surface area contributed by atoms with E-state index in [4.69, 9.17) is 15.7 Å². The second-order valence-corrected chi connectivity index (χ2v) is 7.74. The summed E-state index contributed by atoms with van der Waals surface area (Å²) in [5.41, 5.74) is 6.67. The molecule has 0 aliphatic heterocycles. The molecular weight excluding hydrogens is 487 g/mol. The first-order valence-corrected chi connectivity index (χ1v) is 10.6. The fourth-order valence-electron chi connectivity index (χ4n) is 3.35. The van der Waals surface area contributed by atoms with Gasteiger partial charge in [0.2, 0.25) is 5.88 Å². The first-order valence-electron chi connectivity index (χ1n) is 10.6. The zero-order valence-electron chi connectivity index (χ0n) is 19.0. The Morgan fingerprint density at radius 1 is 1.19 bits per heavy atom. The van der Waals surface area contributed by atoms with Crippen molar-refractivity contribution in [3.63, 3.8) is 0 Å². The van der Waals surface area contributed by atoms with Gasteiger partial charge in [-0.25, -0.2) is 9.97 Å². The zero-order valence-corrected chi connectivity index (χ0v) is 19.0. The third-order valence-corrected chi connectivity index (χ3v) is 5.08. The Bertz CT molecular complexity index is 1520. The first kappa shape index (κ1) is 24.9. The Hall–Kier alpha value is -5.18. The van der Waals surface area contributed by atoms with Gasteiger partial charge in [0, 0.05) is 23.5 Å². The number of ether oxygens (including phenoxy) is 1. The fourth-order valence-corrected chi connectivity index (χ4v) is 3.35. The molecule has 0 spiro atoms. The Kier molecular flexibility index (Phi) is 6.88. The molecule has 3 N–H and O–H groups in total. The summed E-state index contributed by atoms with van der Waals surface area (Å²) in [6, 6.07) is 13.0. The minimum atomic E-state index is -4.45. The number of nitrogens with two attached hydrogens (primary N) is 1. The van der Waals surface area contributed by atoms with Crippen molar-refractivity contribution in [1.82, 2.24) is 19.7 Å². The van der Waals surface area contributed by atoms with E-state index in [0.717, 1.165) is 12.1 Å². The summed E-state index contributed by atoms with van der Waals surface area (Å²) in [4.78, 5) is 20.1. The maximum absolute atomic E-state index is 13.0. The average Bonchev–Trinajstić information content (AvgIpc) is 3.31. The second-order valence-electron chi connectivity index (χ2n) is 7.74. The van der Waals surface area contributed by atoms with E-state index in [-0.39, 0.29) is 23.8 Å². The van der Waals surface area contributed by atoms with Crippen LogP contribution in [0.5, 0.6) is 11.6 Å². The van der Waals surface area contributed by atoms with Crippen LogP contribution >= 0.6 is 0 Å². The van der Waals surface area contributed by atoms with Crippen LogP contribution in [0.3, 0.4) is 0 Å². The molecule has 4 aromatic rings. The number of halogens is 3. The predicted octanol–water partition coefficient (Wildman–Crippen LogP) is 4.80. The number of hydrogen-bond acceptors (Lipinski definition) is 7. The van der Waals surface area contributed by atoms with Crippen LogP contribution in [0.15, 0.2) is 79.4 Å². The summed E-state index contributed by atoms with van der Waals surface area (Å²) in [6.07, 6.45) is -0.174. The van der Waals surface area contributed by atoms with Crippen LogP contribution in [-0.4, -0.2) is 25.7 Å². The number of nitriles is 1. The van der Waals surface area contributed by atoms with Gasteiger partial charge in [0.25, 0.3) is 5.91 Å². The summed E-state index contributed by atoms with van der Waals surface area (Å²) in [7, 11) is 0. The van der Waals surface area contributed by atoms with Gasteiger partial charge in [-0.2, -0.15) is 23.5 Å². The molecule has 0 radical (unpaired) electrons. The number of alkyl halides is 3. The topological polar surface area (TPSA) is 132 Å². The minimum absolute atomic E-state index is 0.0867. The highest BCUT2D eigenvalue weighted by Gasteiger charge is 2.30. The van der Waals surface area contributed by atoms with Crippen molar-refractivity contribution in [3.05, 3.63) is 90.5 Å². The van der Waals surface area contributed by atoms with Gasteiger partial charge in [-0.15, -0.1) is 0 Å². The molecular formula is C25H18F3N7O2. The molecule has 2 aromatic heterocycles. The third kappa shape index (κ3) is 5.91. The maximum Gasteiger partial charge on any atom is 0.416 e. The minimum Gasteiger partial charge on any atom is -0.438 e. The SMILES string of the molecule is C=C(C#N)C(=O)Nc1cccc(Oc2ncnc(N)c2-c2cnn(Cc3cccc(C(F)(F)F)c3)c2)c1. The monoisotopic (exact) mass is 505 g/mol. The summed E-state index contributed by atoms with van der Waals surface area (Å²) in [5.74, 6) is -0.162. The number of anilines is 2. The van der Waals surface area contributed by atoms with Crippen LogP contribution in [0.1, 0.15) is 11.1 Å². The third-order valence-electron chi connectivity index (χ3n) is 5.08. The van der Waals surface area contributed by atoms with E-state index in [1.165, 1.54) is 29.3 Å². The van der Waals surface area contributed by atoms with E-state index in [1.807, 2.05) is 0 Å². The number of hydrogen-bond donors (Lipinski definition) is 2. The van der Waals surface area contributed by atoms with Gasteiger partial charge >= 0.3 is 6.18 Å². The highest BCUT2D eigenvalue weighted by atomic mass is 19.4. The summed E-state index contributed by atoms with van der Waals surface area (Å²) >= 11 is 0. The van der Waals surface area contributed by atoms with Crippen molar-refractivity contribution in [1.29, 1.82) is 5.26 Å². The van der Waals surface area contributed by atoms with Crippen LogP contribution in [0, 0.1) is 11.3 Å². The average molecular weight is 505 g/mol. The summed E-state index contributed by atoms with van der Waals surface area (Å²) in [6.45, 7) is 3.45. The standard InChI is InChI=1S/C25H18F3N7O2/c1-15(10-29)23(36)34-19-6-3-7-20(9-19)37-24-21(22(30)31-14-32-24)17-11-33-35(13-17)12-16-4-2-5-18(8-16)25(26,27)28/h2-9,11,13-14H,1,12H2,(H,34,36)(H2,30,31,32). The van der Waals surface area contributed by atoms with E-state index in [9.17, 15) is 18.0 Å². The number of nitrogens with one attached hydrogen (secondary N) is 1. The number of amides is 1. The van der Waals surface area contributed by atoms with E-state index in [0.29, 0.717) is 28.1 Å². The molecule has 186 valence electrons. The lowest BCUT2D eigenvalue weighted by Gasteiger charge is -2.11. The molecule has 0 fully saturated rings. The van der Waals surface area contributed by atoms with Crippen molar-refractivity contribution >= 4 is 17.4 Å². The molecule has 0 aliphatic rings. The fraction of sp³-hybridized carbons (Fsp3) is 0.0800. The van der Waals surface area contributed by atoms with Crippen molar-refractivity contribution in [2.24, 2.45) is 0 Å². The molecule has 12 heteroatoms. The number of rotatable bonds is 7. The number of carbonyl (C=O) groups excluding carboxylic acids is 1. The molecule has 0 bridgehead atoms. The van der Waals surface area contributed by atoms with Gasteiger partial charge in [0.05, 0.1) is 23.9 Å². The number of nitrogens with zero attached hydrogens (tertiary/aromatic N) is 5. The highest BCUT2D eigenvalue weighted by molar-refractivity contribution is 6.06. The van der Waals surface area contributed by atoms with Crippen LogP contribution in [0.2, 0.25) is 0 Å². The molecule has 0 saturated heterocycles. The molecule has 0 aliphatic carbocycles. The van der Waals surface area contributed by atoms with Crippen LogP contribution in [-0.2, 0) is 17.5 Å². The molecule has 1 amide bonds. The van der Waals surface area contributed by atoms with Crippen molar-refractivity contribution in [3.8, 4) is 28.8 Å². The van der Waals surface area contributed by atoms with Crippen molar-refractivity contribution in [2.75, 3.05) is 11.1 Å². The van der Waals surface area contributed by atoms with E-state index < -0.39 is 17.6 Å². The lowest BCUT2D eigenvalue weighted by atomic mass is 10.1. The molecule has 0 atom stereocenters. The van der Waals surface area contributed by atoms with Gasteiger partial charge in [-0.05, 0) is 29.8 Å². The first-order chi connectivity index (χ1) is 17.6. The summed E-state index contributed by atoms with van der Waals surface area (Å²) < 4.78 is 46.5. The molecule has 2 aromatic carbocycles. The highest BCUT2D eigenvalue weighted by Crippen LogP contribution is 2.35. The number of aromatic nitrogens is 4. The number of benzene rings is 2. The molecule has 2 heterocycles. The van der Waals surface area contributed by atoms with Gasteiger partial charge in [-0.1, -0.05) is 24.8 Å². The van der Waals surface area contributed by atoms with Gasteiger partial charge < -0.3 is 15.8 Å². The lowest BCUT2D eigenvalue weighted by molar-refractivity contribution is -0.137. The maximum atomic E-state index is 13.0. The largest absolute Gasteiger partial charge is 0.438 e. The van der Waals surface area contributed by atoms with Crippen LogP contribution in [0.4, 0.5) is 24.7 Å². The van der Waals surface area contributed by atoms with Gasteiger partial charge in [0.1, 0.15) is 29.5 Å². The quantitative estimate of drug-likeness (QED) is 0.272. The van der Waals surface area contributed by atoms with Crippen molar-refractivity contribution in [2.45, 2.75) is 12.7 Å². The van der Waals surface area contributed by atoms with Crippen molar-refractivity contribution < 1.29 is 22.7 Å². The van der Waals surface area contributed by atoms with Crippen LogP contribution < -0.4 is 15.8 Å². The normalized spacial score (nSPS) is 11.0. The number of carbonyl (C=O) groups is 1. The molecule has 9 nitrogen and oxygen atoms in total. The van der Waals surface area contributed by atoms with Crippen LogP contribution in [0.25, 0.3) is 11.1 Å². The molecule has 0 unspecified atom stereocenters. The Morgan fingerprint density at radius 2 is 1.97 bits per heavy atom. The van der Waals surface area contributed by atoms with Gasteiger partial charge in [-0.3, -0.25) is 9.48 Å². The second kappa shape index (κ2) is 10.2. The Balaban J connectivity index is 1.58. The lowest BCUT2D eigenvalue weighted by Crippen LogP contribution is -2.12. The zero-order chi connectivity index (χ0) is 26.6. The Morgan fingerprint density at radius 3 is 2.73 bits per heavy atom. The van der Waals surface area contributed by atoms with E-state index >= 15 is 0 Å². The number of nitrogen functional groups attached to an aromatic ring is 1. The summed E-state index contributed by atoms with van der Waals surface area (Å²) in [5, 5.41) is 15.6. The van der Waals surface area contributed by atoms with E-state index in [1.54, 1.807) is 36.5 Å².